The largest absolute Gasteiger partial charge is 0.459 e. The van der Waals surface area contributed by atoms with Crippen LogP contribution in [0.3, 0.4) is 0 Å². The Kier molecular flexibility index (Phi) is 5.27. The van der Waals surface area contributed by atoms with E-state index in [0.717, 1.165) is 5.56 Å². The van der Waals surface area contributed by atoms with Crippen LogP contribution < -0.4 is 5.32 Å². The quantitative estimate of drug-likeness (QED) is 0.815. The highest BCUT2D eigenvalue weighted by Gasteiger charge is 2.29. The van der Waals surface area contributed by atoms with Crippen LogP contribution in [0.5, 0.6) is 0 Å². The lowest BCUT2D eigenvalue weighted by molar-refractivity contribution is -0.144. The number of hydrogen-bond donors (Lipinski definition) is 1. The second-order valence-corrected chi connectivity index (χ2v) is 6.41. The van der Waals surface area contributed by atoms with Crippen LogP contribution in [0.4, 0.5) is 5.69 Å². The third-order valence-electron chi connectivity index (χ3n) is 4.22. The van der Waals surface area contributed by atoms with Gasteiger partial charge in [-0.3, -0.25) is 14.4 Å². The first kappa shape index (κ1) is 18.0. The Morgan fingerprint density at radius 1 is 1.08 bits per heavy atom. The second kappa shape index (κ2) is 7.61. The lowest BCUT2D eigenvalue weighted by atomic mass is 10.2. The Morgan fingerprint density at radius 3 is 2.38 bits per heavy atom. The highest BCUT2D eigenvalue weighted by molar-refractivity contribution is 6.39. The number of amides is 3. The van der Waals surface area contributed by atoms with Crippen molar-refractivity contribution in [2.75, 3.05) is 31.5 Å². The van der Waals surface area contributed by atoms with Gasteiger partial charge in [0.05, 0.1) is 6.26 Å². The summed E-state index contributed by atoms with van der Waals surface area (Å²) in [6.07, 6.45) is 1.44. The van der Waals surface area contributed by atoms with Crippen LogP contribution in [0.1, 0.15) is 16.1 Å². The number of anilines is 1. The van der Waals surface area contributed by atoms with Crippen LogP contribution >= 0.6 is 11.6 Å². The molecule has 1 aliphatic rings. The van der Waals surface area contributed by atoms with Gasteiger partial charge in [-0.25, -0.2) is 0 Å². The van der Waals surface area contributed by atoms with E-state index in [9.17, 15) is 14.4 Å². The second-order valence-electron chi connectivity index (χ2n) is 5.98. The minimum atomic E-state index is -0.707. The normalized spacial score (nSPS) is 14.2. The minimum absolute atomic E-state index is 0.219. The topological polar surface area (TPSA) is 82.9 Å². The Hall–Kier alpha value is -2.80. The van der Waals surface area contributed by atoms with Gasteiger partial charge in [-0.2, -0.15) is 0 Å². The van der Waals surface area contributed by atoms with Crippen molar-refractivity contribution in [3.8, 4) is 0 Å². The summed E-state index contributed by atoms with van der Waals surface area (Å²) in [4.78, 5) is 39.8. The van der Waals surface area contributed by atoms with Crippen molar-refractivity contribution < 1.29 is 18.8 Å². The zero-order chi connectivity index (χ0) is 18.7. The number of furan rings is 1. The molecule has 0 atom stereocenters. The lowest BCUT2D eigenvalue weighted by Gasteiger charge is -2.33. The Labute approximate surface area is 155 Å². The van der Waals surface area contributed by atoms with E-state index in [4.69, 9.17) is 16.0 Å². The van der Waals surface area contributed by atoms with Gasteiger partial charge in [-0.1, -0.05) is 11.6 Å². The molecule has 1 fully saturated rings. The van der Waals surface area contributed by atoms with Gasteiger partial charge in [-0.15, -0.1) is 0 Å². The van der Waals surface area contributed by atoms with Crippen LogP contribution in [-0.2, 0) is 9.59 Å². The highest BCUT2D eigenvalue weighted by atomic mass is 35.5. The fourth-order valence-electron chi connectivity index (χ4n) is 2.76. The molecule has 0 aliphatic carbocycles. The molecule has 1 N–H and O–H groups in total. The van der Waals surface area contributed by atoms with E-state index in [2.05, 4.69) is 5.32 Å². The fourth-order valence-corrected chi connectivity index (χ4v) is 2.98. The number of carbonyl (C=O) groups is 3. The molecule has 0 saturated carbocycles. The third-order valence-corrected chi connectivity index (χ3v) is 4.45. The molecule has 1 aromatic carbocycles. The summed E-state index contributed by atoms with van der Waals surface area (Å²) in [6.45, 7) is 3.07. The molecule has 3 rings (SSSR count). The predicted octanol–water partition coefficient (Wildman–Crippen LogP) is 2.16. The monoisotopic (exact) mass is 375 g/mol. The van der Waals surface area contributed by atoms with Crippen LogP contribution in [-0.4, -0.2) is 53.7 Å². The zero-order valence-electron chi connectivity index (χ0n) is 14.2. The van der Waals surface area contributed by atoms with Crippen molar-refractivity contribution in [1.82, 2.24) is 9.80 Å². The van der Waals surface area contributed by atoms with Crippen molar-refractivity contribution in [3.63, 3.8) is 0 Å². The van der Waals surface area contributed by atoms with Crippen molar-refractivity contribution >= 4 is 35.0 Å². The van der Waals surface area contributed by atoms with Crippen molar-refractivity contribution in [1.29, 1.82) is 0 Å². The number of carbonyl (C=O) groups excluding carboxylic acids is 3. The van der Waals surface area contributed by atoms with E-state index >= 15 is 0 Å². The first-order valence-electron chi connectivity index (χ1n) is 8.15. The lowest BCUT2D eigenvalue weighted by Crippen LogP contribution is -2.53. The van der Waals surface area contributed by atoms with E-state index in [-0.39, 0.29) is 24.8 Å². The molecule has 3 amide bonds. The number of benzene rings is 1. The minimum Gasteiger partial charge on any atom is -0.459 e. The average Bonchev–Trinajstić information content (AvgIpc) is 3.17. The first-order chi connectivity index (χ1) is 12.5. The van der Waals surface area contributed by atoms with Crippen molar-refractivity contribution in [2.45, 2.75) is 6.92 Å². The number of halogens is 1. The summed E-state index contributed by atoms with van der Waals surface area (Å²) in [6, 6.07) is 8.26. The van der Waals surface area contributed by atoms with E-state index in [1.165, 1.54) is 11.2 Å². The molecule has 0 spiro atoms. The zero-order valence-corrected chi connectivity index (χ0v) is 15.0. The summed E-state index contributed by atoms with van der Waals surface area (Å²) in [7, 11) is 0. The van der Waals surface area contributed by atoms with Gasteiger partial charge in [0.1, 0.15) is 0 Å². The Balaban J connectivity index is 1.56. The summed E-state index contributed by atoms with van der Waals surface area (Å²) < 4.78 is 5.10. The molecule has 136 valence electrons. The molecular weight excluding hydrogens is 358 g/mol. The van der Waals surface area contributed by atoms with Gasteiger partial charge < -0.3 is 19.5 Å². The summed E-state index contributed by atoms with van der Waals surface area (Å²) in [5, 5.41) is 3.17. The molecule has 0 bridgehead atoms. The van der Waals surface area contributed by atoms with E-state index in [1.807, 2.05) is 0 Å². The van der Waals surface area contributed by atoms with Gasteiger partial charge >= 0.3 is 11.8 Å². The van der Waals surface area contributed by atoms with Crippen molar-refractivity contribution in [3.05, 3.63) is 52.9 Å². The molecule has 0 unspecified atom stereocenters. The third kappa shape index (κ3) is 3.88. The van der Waals surface area contributed by atoms with Gasteiger partial charge in [0.15, 0.2) is 5.76 Å². The number of nitrogens with zero attached hydrogens (tertiary/aromatic N) is 2. The number of hydrogen-bond acceptors (Lipinski definition) is 4. The standard InChI is InChI=1S/C18H18ClN3O4/c1-12-11-13(19)4-5-14(12)20-16(23)18(25)22-8-6-21(7-9-22)17(24)15-3-2-10-26-15/h2-5,10-11H,6-9H2,1H3,(H,20,23). The fraction of sp³-hybridized carbons (Fsp3) is 0.278. The van der Waals surface area contributed by atoms with Gasteiger partial charge in [0.2, 0.25) is 0 Å². The van der Waals surface area contributed by atoms with Gasteiger partial charge in [0, 0.05) is 36.9 Å². The maximum absolute atomic E-state index is 12.4. The Bertz CT molecular complexity index is 827. The number of aryl methyl sites for hydroxylation is 1. The van der Waals surface area contributed by atoms with Crippen LogP contribution in [0.2, 0.25) is 5.02 Å². The molecule has 2 heterocycles. The number of nitrogens with one attached hydrogen (secondary N) is 1. The molecule has 1 aromatic heterocycles. The number of rotatable bonds is 2. The number of piperazine rings is 1. The highest BCUT2D eigenvalue weighted by Crippen LogP contribution is 2.19. The molecule has 8 heteroatoms. The maximum Gasteiger partial charge on any atom is 0.313 e. The van der Waals surface area contributed by atoms with Crippen LogP contribution in [0.15, 0.2) is 41.0 Å². The van der Waals surface area contributed by atoms with E-state index in [1.54, 1.807) is 42.2 Å². The predicted molar refractivity (Wildman–Crippen MR) is 96.0 cm³/mol. The average molecular weight is 376 g/mol. The summed E-state index contributed by atoms with van der Waals surface area (Å²) in [5.41, 5.74) is 1.31. The molecular formula is C18H18ClN3O4. The summed E-state index contributed by atoms with van der Waals surface area (Å²) in [5.74, 6) is -1.28. The SMILES string of the molecule is Cc1cc(Cl)ccc1NC(=O)C(=O)N1CCN(C(=O)c2ccco2)CC1. The van der Waals surface area contributed by atoms with Crippen LogP contribution in [0, 0.1) is 6.92 Å². The van der Waals surface area contributed by atoms with Gasteiger partial charge in [0.25, 0.3) is 5.91 Å². The Morgan fingerprint density at radius 2 is 1.77 bits per heavy atom. The maximum atomic E-state index is 12.4. The molecule has 1 saturated heterocycles. The molecule has 2 aromatic rings. The van der Waals surface area contributed by atoms with Crippen LogP contribution in [0.25, 0.3) is 0 Å². The van der Waals surface area contributed by atoms with Crippen molar-refractivity contribution in [2.24, 2.45) is 0 Å². The smallest absolute Gasteiger partial charge is 0.313 e. The summed E-state index contributed by atoms with van der Waals surface area (Å²) >= 11 is 5.89. The molecule has 7 nitrogen and oxygen atoms in total. The first-order valence-corrected chi connectivity index (χ1v) is 8.52. The molecule has 1 aliphatic heterocycles. The molecule has 26 heavy (non-hydrogen) atoms. The van der Waals surface area contributed by atoms with E-state index < -0.39 is 11.8 Å². The molecule has 0 radical (unpaired) electrons. The van der Waals surface area contributed by atoms with Gasteiger partial charge in [-0.05, 0) is 42.8 Å². The van der Waals surface area contributed by atoms with E-state index in [0.29, 0.717) is 23.8 Å².